The molecule has 1 saturated carbocycles. The highest BCUT2D eigenvalue weighted by Crippen LogP contribution is 2.39. The third-order valence-corrected chi connectivity index (χ3v) is 6.01. The number of hydrogen-bond acceptors (Lipinski definition) is 4. The molecule has 1 aliphatic rings. The van der Waals surface area contributed by atoms with Crippen LogP contribution in [0.25, 0.3) is 0 Å². The number of ether oxygens (including phenoxy) is 1. The fourth-order valence-corrected chi connectivity index (χ4v) is 4.44. The Morgan fingerprint density at radius 2 is 2.10 bits per heavy atom. The summed E-state index contributed by atoms with van der Waals surface area (Å²) in [6.45, 7) is 0.538. The van der Waals surface area contributed by atoms with Gasteiger partial charge >= 0.3 is 5.97 Å². The summed E-state index contributed by atoms with van der Waals surface area (Å²) in [4.78, 5) is 10.5. The average molecular weight is 437 g/mol. The fraction of sp³-hybridized carbons (Fsp3) is 0.542. The highest BCUT2D eigenvalue weighted by Gasteiger charge is 2.39. The number of rotatable bonds is 12. The minimum atomic E-state index is -0.780. The van der Waals surface area contributed by atoms with Gasteiger partial charge in [-0.3, -0.25) is 4.79 Å². The van der Waals surface area contributed by atoms with Crippen LogP contribution in [0.4, 0.5) is 0 Å². The zero-order chi connectivity index (χ0) is 21.9. The molecule has 30 heavy (non-hydrogen) atoms. The Balaban J connectivity index is 1.89. The number of carboxylic acids is 1. The van der Waals surface area contributed by atoms with E-state index in [1.54, 1.807) is 13.2 Å². The zero-order valence-corrected chi connectivity index (χ0v) is 18.2. The number of hydrogen-bond donors (Lipinski definition) is 3. The Kier molecular flexibility index (Phi) is 10.6. The molecule has 5 atom stereocenters. The molecule has 0 aliphatic heterocycles. The van der Waals surface area contributed by atoms with Crippen molar-refractivity contribution < 1.29 is 24.9 Å². The number of carboxylic acid groups (broad SMARTS) is 1. The lowest BCUT2D eigenvalue weighted by atomic mass is 9.90. The molecule has 1 fully saturated rings. The highest BCUT2D eigenvalue weighted by atomic mass is 35.5. The minimum Gasteiger partial charge on any atom is -0.481 e. The van der Waals surface area contributed by atoms with Crippen molar-refractivity contribution in [1.82, 2.24) is 0 Å². The van der Waals surface area contributed by atoms with E-state index in [2.05, 4.69) is 0 Å². The van der Waals surface area contributed by atoms with E-state index in [0.717, 1.165) is 24.0 Å². The number of allylic oxidation sites excluding steroid dienone is 2. The van der Waals surface area contributed by atoms with Gasteiger partial charge < -0.3 is 20.1 Å². The Hall–Kier alpha value is -1.66. The normalized spacial score (nSPS) is 25.3. The van der Waals surface area contributed by atoms with Crippen LogP contribution in [0.2, 0.25) is 0 Å². The molecule has 0 aromatic heterocycles. The van der Waals surface area contributed by atoms with Gasteiger partial charge in [-0.1, -0.05) is 48.6 Å². The largest absolute Gasteiger partial charge is 0.481 e. The van der Waals surface area contributed by atoms with E-state index in [9.17, 15) is 15.0 Å². The maximum absolute atomic E-state index is 10.5. The van der Waals surface area contributed by atoms with E-state index in [4.69, 9.17) is 21.4 Å². The molecule has 0 bridgehead atoms. The molecule has 0 amide bonds. The van der Waals surface area contributed by atoms with Crippen LogP contribution in [0.15, 0.2) is 48.6 Å². The Morgan fingerprint density at radius 3 is 2.83 bits per heavy atom. The zero-order valence-electron chi connectivity index (χ0n) is 17.5. The lowest BCUT2D eigenvalue weighted by Crippen LogP contribution is -2.19. The molecule has 0 spiro atoms. The second-order valence-corrected chi connectivity index (χ2v) is 8.52. The van der Waals surface area contributed by atoms with Gasteiger partial charge in [0.1, 0.15) is 0 Å². The maximum Gasteiger partial charge on any atom is 0.303 e. The molecule has 2 rings (SSSR count). The van der Waals surface area contributed by atoms with Crippen LogP contribution < -0.4 is 0 Å². The number of aliphatic hydroxyl groups excluding tert-OH is 2. The SMILES string of the molecule is COCc1cccc(C[C@H](O)C=C[C@@H]2[C@@H](CC=CCCCC(=O)O)[C@H](Cl)C[C@H]2O)c1. The Morgan fingerprint density at radius 1 is 1.33 bits per heavy atom. The number of aliphatic carboxylic acids is 1. The maximum atomic E-state index is 10.5. The molecule has 0 heterocycles. The van der Waals surface area contributed by atoms with Crippen LogP contribution in [-0.4, -0.2) is 46.0 Å². The van der Waals surface area contributed by atoms with Gasteiger partial charge in [0.25, 0.3) is 0 Å². The van der Waals surface area contributed by atoms with Gasteiger partial charge in [0.2, 0.25) is 0 Å². The Labute approximate surface area is 184 Å². The summed E-state index contributed by atoms with van der Waals surface area (Å²) in [5.74, 6) is -0.797. The van der Waals surface area contributed by atoms with E-state index in [1.807, 2.05) is 42.5 Å². The summed E-state index contributed by atoms with van der Waals surface area (Å²) in [6.07, 6.45) is 9.76. The van der Waals surface area contributed by atoms with E-state index in [-0.39, 0.29) is 23.6 Å². The van der Waals surface area contributed by atoms with Crippen LogP contribution in [0.3, 0.4) is 0 Å². The van der Waals surface area contributed by atoms with Crippen molar-refractivity contribution in [2.45, 2.75) is 62.7 Å². The lowest BCUT2D eigenvalue weighted by molar-refractivity contribution is -0.137. The second kappa shape index (κ2) is 12.9. The number of benzene rings is 1. The van der Waals surface area contributed by atoms with Gasteiger partial charge in [-0.05, 0) is 42.7 Å². The first-order valence-corrected chi connectivity index (χ1v) is 11.0. The van der Waals surface area contributed by atoms with Crippen LogP contribution in [0.5, 0.6) is 0 Å². The van der Waals surface area contributed by atoms with E-state index < -0.39 is 18.2 Å². The topological polar surface area (TPSA) is 87.0 Å². The van der Waals surface area contributed by atoms with E-state index in [0.29, 0.717) is 25.9 Å². The third kappa shape index (κ3) is 8.23. The monoisotopic (exact) mass is 436 g/mol. The van der Waals surface area contributed by atoms with Crippen LogP contribution in [-0.2, 0) is 22.6 Å². The molecule has 0 unspecified atom stereocenters. The molecular formula is C24H33ClO5. The Bertz CT molecular complexity index is 717. The fourth-order valence-electron chi connectivity index (χ4n) is 3.99. The highest BCUT2D eigenvalue weighted by molar-refractivity contribution is 6.21. The first-order valence-electron chi connectivity index (χ1n) is 10.5. The summed E-state index contributed by atoms with van der Waals surface area (Å²) >= 11 is 6.46. The summed E-state index contributed by atoms with van der Waals surface area (Å²) in [7, 11) is 1.66. The number of carbonyl (C=O) groups is 1. The van der Waals surface area contributed by atoms with E-state index in [1.165, 1.54) is 0 Å². The first kappa shape index (κ1) is 24.6. The van der Waals surface area contributed by atoms with Crippen molar-refractivity contribution in [2.75, 3.05) is 7.11 Å². The average Bonchev–Trinajstić information content (AvgIpc) is 2.95. The molecule has 5 nitrogen and oxygen atoms in total. The van der Waals surface area contributed by atoms with Gasteiger partial charge in [-0.15, -0.1) is 11.6 Å². The number of methoxy groups -OCH3 is 1. The summed E-state index contributed by atoms with van der Waals surface area (Å²) in [6, 6.07) is 7.95. The number of aliphatic hydroxyl groups is 2. The molecule has 1 aromatic rings. The van der Waals surface area contributed by atoms with Gasteiger partial charge in [0.15, 0.2) is 0 Å². The van der Waals surface area contributed by atoms with Crippen molar-refractivity contribution in [3.63, 3.8) is 0 Å². The van der Waals surface area contributed by atoms with Gasteiger partial charge in [-0.25, -0.2) is 0 Å². The van der Waals surface area contributed by atoms with Gasteiger partial charge in [0, 0.05) is 31.2 Å². The second-order valence-electron chi connectivity index (χ2n) is 7.96. The summed E-state index contributed by atoms with van der Waals surface area (Å²) < 4.78 is 5.15. The predicted octanol–water partition coefficient (Wildman–Crippen LogP) is 4.10. The van der Waals surface area contributed by atoms with Crippen LogP contribution in [0, 0.1) is 11.8 Å². The van der Waals surface area contributed by atoms with Crippen LogP contribution >= 0.6 is 11.6 Å². The third-order valence-electron chi connectivity index (χ3n) is 5.51. The molecule has 3 N–H and O–H groups in total. The molecule has 1 aliphatic carbocycles. The summed E-state index contributed by atoms with van der Waals surface area (Å²) in [5.41, 5.74) is 2.10. The predicted molar refractivity (Wildman–Crippen MR) is 118 cm³/mol. The van der Waals surface area contributed by atoms with Crippen LogP contribution in [0.1, 0.15) is 43.2 Å². The van der Waals surface area contributed by atoms with E-state index >= 15 is 0 Å². The van der Waals surface area contributed by atoms with Crippen molar-refractivity contribution in [3.8, 4) is 0 Å². The summed E-state index contributed by atoms with van der Waals surface area (Å²) in [5, 5.41) is 29.4. The number of alkyl halides is 1. The first-order chi connectivity index (χ1) is 14.4. The molecule has 166 valence electrons. The number of halogens is 1. The smallest absolute Gasteiger partial charge is 0.303 e. The van der Waals surface area contributed by atoms with Gasteiger partial charge in [-0.2, -0.15) is 0 Å². The van der Waals surface area contributed by atoms with Crippen molar-refractivity contribution in [2.24, 2.45) is 11.8 Å². The minimum absolute atomic E-state index is 0.0888. The molecular weight excluding hydrogens is 404 g/mol. The standard InChI is InChI=1S/C24H33ClO5/c1-30-16-18-8-6-7-17(13-18)14-19(26)11-12-21-20(22(25)15-23(21)27)9-4-2-3-5-10-24(28)29/h2,4,6-8,11-13,19-23,26-27H,3,5,9-10,14-16H2,1H3,(H,28,29)/t19-,20-,21-,22-,23-/m1/s1. The molecule has 1 aromatic carbocycles. The number of unbranched alkanes of at least 4 members (excludes halogenated alkanes) is 1. The molecule has 0 saturated heterocycles. The van der Waals surface area contributed by atoms with Crippen molar-refractivity contribution >= 4 is 17.6 Å². The molecule has 0 radical (unpaired) electrons. The van der Waals surface area contributed by atoms with Gasteiger partial charge in [0.05, 0.1) is 18.8 Å². The van der Waals surface area contributed by atoms with Crippen molar-refractivity contribution in [3.05, 3.63) is 59.7 Å². The molecule has 6 heteroatoms. The quantitative estimate of drug-likeness (QED) is 0.261. The van der Waals surface area contributed by atoms with Crippen molar-refractivity contribution in [1.29, 1.82) is 0 Å². The lowest BCUT2D eigenvalue weighted by Gasteiger charge is -2.19.